The van der Waals surface area contributed by atoms with Crippen molar-refractivity contribution in [2.24, 2.45) is 5.92 Å². The number of rotatable bonds is 5. The van der Waals surface area contributed by atoms with Gasteiger partial charge in [0.05, 0.1) is 17.9 Å². The van der Waals surface area contributed by atoms with Crippen LogP contribution in [0.25, 0.3) is 0 Å². The molecule has 1 aromatic carbocycles. The van der Waals surface area contributed by atoms with Gasteiger partial charge in [-0.05, 0) is 25.5 Å². The Morgan fingerprint density at radius 3 is 2.58 bits per heavy atom. The van der Waals surface area contributed by atoms with Crippen LogP contribution in [0.5, 0.6) is 0 Å². The molecule has 3 heterocycles. The van der Waals surface area contributed by atoms with Crippen LogP contribution in [0.3, 0.4) is 0 Å². The summed E-state index contributed by atoms with van der Waals surface area (Å²) >= 11 is 0. The van der Waals surface area contributed by atoms with Gasteiger partial charge in [-0.3, -0.25) is 9.36 Å². The van der Waals surface area contributed by atoms with Gasteiger partial charge in [0.1, 0.15) is 5.82 Å². The number of nitrogens with one attached hydrogen (secondary N) is 1. The van der Waals surface area contributed by atoms with Crippen molar-refractivity contribution < 1.29 is 17.9 Å². The van der Waals surface area contributed by atoms with Crippen molar-refractivity contribution in [2.75, 3.05) is 18.1 Å². The van der Waals surface area contributed by atoms with Crippen LogP contribution >= 0.6 is 0 Å². The Balaban J connectivity index is 1.67. The number of fused-ring (bicyclic) bond motifs is 2. The van der Waals surface area contributed by atoms with E-state index in [1.165, 1.54) is 15.1 Å². The number of anilines is 1. The highest BCUT2D eigenvalue weighted by Crippen LogP contribution is 2.52. The fourth-order valence-electron chi connectivity index (χ4n) is 4.64. The standard InChI is InChI=1S/C21H26N4O5S/c1-5-21-12-25(31(4,28)29)16(14(21)3)19(30-21)24-11-13(2)17(23-20(24)27)22-18(26)15-9-7-6-8-10-15/h6-11,14,16,19H,5,12H2,1-4H3,(H,22,23,26,27)/t14-,16+,19+,21-/m0/s1. The van der Waals surface area contributed by atoms with Gasteiger partial charge in [-0.1, -0.05) is 32.0 Å². The van der Waals surface area contributed by atoms with Crippen molar-refractivity contribution in [2.45, 2.75) is 45.1 Å². The largest absolute Gasteiger partial charge is 0.351 e. The van der Waals surface area contributed by atoms with Gasteiger partial charge in [-0.15, -0.1) is 0 Å². The number of amides is 1. The summed E-state index contributed by atoms with van der Waals surface area (Å²) in [5.41, 5.74) is -0.240. The average molecular weight is 447 g/mol. The summed E-state index contributed by atoms with van der Waals surface area (Å²) in [6, 6.07) is 8.13. The number of aryl methyl sites for hydroxylation is 1. The Morgan fingerprint density at radius 1 is 1.32 bits per heavy atom. The van der Waals surface area contributed by atoms with Crippen LogP contribution in [-0.2, 0) is 14.8 Å². The minimum Gasteiger partial charge on any atom is -0.348 e. The van der Waals surface area contributed by atoms with Gasteiger partial charge in [0.25, 0.3) is 5.91 Å². The molecule has 0 spiro atoms. The van der Waals surface area contributed by atoms with Crippen LogP contribution in [0.4, 0.5) is 5.82 Å². The van der Waals surface area contributed by atoms with E-state index >= 15 is 0 Å². The van der Waals surface area contributed by atoms with Crippen LogP contribution < -0.4 is 11.0 Å². The number of morpholine rings is 1. The van der Waals surface area contributed by atoms with Crippen LogP contribution in [0.2, 0.25) is 0 Å². The SMILES string of the molecule is CC[C@@]12CN(S(C)(=O)=O)[C@@H]([C@H](n3cc(C)c(NC(=O)c4ccccc4)nc3=O)O1)[C@@H]2C. The molecule has 4 rings (SSSR count). The van der Waals surface area contributed by atoms with Crippen molar-refractivity contribution >= 4 is 21.7 Å². The minimum absolute atomic E-state index is 0.0816. The summed E-state index contributed by atoms with van der Waals surface area (Å²) in [7, 11) is -3.47. The van der Waals surface area contributed by atoms with Crippen molar-refractivity contribution in [1.29, 1.82) is 0 Å². The number of nitrogens with zero attached hydrogens (tertiary/aromatic N) is 3. The van der Waals surface area contributed by atoms with E-state index in [9.17, 15) is 18.0 Å². The molecule has 2 aliphatic rings. The molecule has 2 saturated heterocycles. The molecule has 1 N–H and O–H groups in total. The zero-order chi connectivity index (χ0) is 22.6. The smallest absolute Gasteiger partial charge is 0.348 e. The first-order valence-electron chi connectivity index (χ1n) is 10.2. The third-order valence-electron chi connectivity index (χ3n) is 6.45. The lowest BCUT2D eigenvalue weighted by atomic mass is 9.88. The fraction of sp³-hybridized carbons (Fsp3) is 0.476. The van der Waals surface area contributed by atoms with Crippen LogP contribution in [0.1, 0.15) is 42.4 Å². The molecule has 10 heteroatoms. The maximum Gasteiger partial charge on any atom is 0.351 e. The monoisotopic (exact) mass is 446 g/mol. The summed E-state index contributed by atoms with van der Waals surface area (Å²) in [4.78, 5) is 29.4. The predicted molar refractivity (Wildman–Crippen MR) is 115 cm³/mol. The molecular weight excluding hydrogens is 420 g/mol. The minimum atomic E-state index is -3.47. The lowest BCUT2D eigenvalue weighted by Crippen LogP contribution is -2.49. The van der Waals surface area contributed by atoms with Gasteiger partial charge in [0.15, 0.2) is 6.23 Å². The molecule has 2 fully saturated rings. The normalized spacial score (nSPS) is 28.1. The van der Waals surface area contributed by atoms with E-state index in [0.717, 1.165) is 0 Å². The van der Waals surface area contributed by atoms with Gasteiger partial charge >= 0.3 is 5.69 Å². The molecule has 1 aromatic heterocycles. The maximum atomic E-state index is 12.9. The highest BCUT2D eigenvalue weighted by atomic mass is 32.2. The molecule has 0 unspecified atom stereocenters. The summed E-state index contributed by atoms with van der Waals surface area (Å²) < 4.78 is 33.8. The Labute approximate surface area is 181 Å². The highest BCUT2D eigenvalue weighted by Gasteiger charge is 2.63. The second-order valence-corrected chi connectivity index (χ2v) is 10.2. The molecule has 0 radical (unpaired) electrons. The summed E-state index contributed by atoms with van der Waals surface area (Å²) in [6.45, 7) is 5.91. The van der Waals surface area contributed by atoms with Crippen molar-refractivity contribution in [3.8, 4) is 0 Å². The summed E-state index contributed by atoms with van der Waals surface area (Å²) in [5.74, 6) is -0.287. The molecular formula is C21H26N4O5S. The maximum absolute atomic E-state index is 12.9. The Morgan fingerprint density at radius 2 is 2.00 bits per heavy atom. The van der Waals surface area contributed by atoms with Gasteiger partial charge in [0.2, 0.25) is 10.0 Å². The Bertz CT molecular complexity index is 1180. The van der Waals surface area contributed by atoms with E-state index in [1.54, 1.807) is 43.5 Å². The van der Waals surface area contributed by atoms with Crippen molar-refractivity contribution in [1.82, 2.24) is 13.9 Å². The average Bonchev–Trinajstić information content (AvgIpc) is 3.18. The number of ether oxygens (including phenoxy) is 1. The third-order valence-corrected chi connectivity index (χ3v) is 7.67. The molecule has 9 nitrogen and oxygen atoms in total. The number of carbonyl (C=O) groups is 1. The highest BCUT2D eigenvalue weighted by molar-refractivity contribution is 7.88. The third kappa shape index (κ3) is 3.58. The summed E-state index contributed by atoms with van der Waals surface area (Å²) in [6.07, 6.45) is 2.59. The van der Waals surface area contributed by atoms with E-state index in [1.807, 2.05) is 13.8 Å². The molecule has 2 aromatic rings. The van der Waals surface area contributed by atoms with E-state index in [2.05, 4.69) is 10.3 Å². The molecule has 2 bridgehead atoms. The second kappa shape index (κ2) is 7.54. The first kappa shape index (κ1) is 21.7. The topological polar surface area (TPSA) is 111 Å². The Kier molecular flexibility index (Phi) is 5.27. The quantitative estimate of drug-likeness (QED) is 0.749. The summed E-state index contributed by atoms with van der Waals surface area (Å²) in [5, 5.41) is 2.67. The fourth-order valence-corrected chi connectivity index (χ4v) is 5.82. The lowest BCUT2D eigenvalue weighted by Gasteiger charge is -2.36. The zero-order valence-electron chi connectivity index (χ0n) is 17.9. The van der Waals surface area contributed by atoms with Gasteiger partial charge in [-0.25, -0.2) is 13.2 Å². The van der Waals surface area contributed by atoms with Gasteiger partial charge < -0.3 is 10.1 Å². The number of hydrogen-bond acceptors (Lipinski definition) is 6. The van der Waals surface area contributed by atoms with Crippen LogP contribution in [0.15, 0.2) is 41.3 Å². The number of sulfonamides is 1. The lowest BCUT2D eigenvalue weighted by molar-refractivity contribution is -0.119. The van der Waals surface area contributed by atoms with Gasteiger partial charge in [-0.2, -0.15) is 9.29 Å². The second-order valence-electron chi connectivity index (χ2n) is 8.30. The zero-order valence-corrected chi connectivity index (χ0v) is 18.7. The van der Waals surface area contributed by atoms with Crippen molar-refractivity contribution in [3.63, 3.8) is 0 Å². The van der Waals surface area contributed by atoms with Crippen LogP contribution in [0, 0.1) is 12.8 Å². The Hall–Kier alpha value is -2.56. The van der Waals surface area contributed by atoms with E-state index < -0.39 is 33.6 Å². The molecule has 0 aliphatic carbocycles. The van der Waals surface area contributed by atoms with E-state index in [4.69, 9.17) is 4.74 Å². The first-order chi connectivity index (χ1) is 14.6. The number of hydrogen-bond donors (Lipinski definition) is 1. The van der Waals surface area contributed by atoms with Crippen LogP contribution in [-0.4, -0.2) is 52.6 Å². The molecule has 4 atom stereocenters. The molecule has 31 heavy (non-hydrogen) atoms. The number of benzene rings is 1. The number of aromatic nitrogens is 2. The van der Waals surface area contributed by atoms with Crippen molar-refractivity contribution in [3.05, 3.63) is 58.1 Å². The number of carbonyl (C=O) groups excluding carboxylic acids is 1. The van der Waals surface area contributed by atoms with Gasteiger partial charge in [0, 0.05) is 29.8 Å². The van der Waals surface area contributed by atoms with E-state index in [0.29, 0.717) is 17.5 Å². The molecule has 1 amide bonds. The molecule has 166 valence electrons. The molecule has 2 aliphatic heterocycles. The molecule has 0 saturated carbocycles. The van der Waals surface area contributed by atoms with E-state index in [-0.39, 0.29) is 24.2 Å². The first-order valence-corrected chi connectivity index (χ1v) is 12.0. The predicted octanol–water partition coefficient (Wildman–Crippen LogP) is 1.76.